The van der Waals surface area contributed by atoms with Crippen molar-refractivity contribution in [2.75, 3.05) is 0 Å². The smallest absolute Gasteiger partial charge is 0.406 e. The van der Waals surface area contributed by atoms with Gasteiger partial charge in [0.25, 0.3) is 0 Å². The Hall–Kier alpha value is -2.58. The van der Waals surface area contributed by atoms with Crippen LogP contribution in [0, 0.1) is 0 Å². The molecular formula is C14H15F3N4O2. The number of amides is 1. The second-order valence-corrected chi connectivity index (χ2v) is 4.90. The number of hydrogen-bond donors (Lipinski definition) is 1. The Morgan fingerprint density at radius 1 is 1.26 bits per heavy atom. The van der Waals surface area contributed by atoms with Gasteiger partial charge in [-0.25, -0.2) is 9.67 Å². The lowest BCUT2D eigenvalue weighted by Crippen LogP contribution is -2.33. The zero-order valence-corrected chi connectivity index (χ0v) is 12.4. The van der Waals surface area contributed by atoms with Crippen LogP contribution in [0.25, 0.3) is 0 Å². The molecule has 0 saturated carbocycles. The van der Waals surface area contributed by atoms with Gasteiger partial charge in [0, 0.05) is 0 Å². The van der Waals surface area contributed by atoms with E-state index in [0.717, 1.165) is 0 Å². The largest absolute Gasteiger partial charge is 0.573 e. The van der Waals surface area contributed by atoms with Gasteiger partial charge in [0.05, 0.1) is 6.04 Å². The maximum absolute atomic E-state index is 12.1. The summed E-state index contributed by atoms with van der Waals surface area (Å²) in [4.78, 5) is 15.9. The van der Waals surface area contributed by atoms with Crippen molar-refractivity contribution in [3.8, 4) is 5.75 Å². The van der Waals surface area contributed by atoms with Crippen LogP contribution in [0.1, 0.15) is 31.5 Å². The molecule has 0 aliphatic carbocycles. The number of halogens is 3. The molecule has 0 aliphatic heterocycles. The molecule has 0 bridgehead atoms. The Morgan fingerprint density at radius 3 is 2.43 bits per heavy atom. The summed E-state index contributed by atoms with van der Waals surface area (Å²) < 4.78 is 41.5. The minimum absolute atomic E-state index is 0.279. The van der Waals surface area contributed by atoms with E-state index in [1.54, 1.807) is 13.8 Å². The van der Waals surface area contributed by atoms with Crippen molar-refractivity contribution in [1.82, 2.24) is 20.1 Å². The van der Waals surface area contributed by atoms with E-state index in [1.807, 2.05) is 0 Å². The van der Waals surface area contributed by atoms with E-state index in [4.69, 9.17) is 0 Å². The normalized spacial score (nSPS) is 14.1. The van der Waals surface area contributed by atoms with Gasteiger partial charge in [-0.2, -0.15) is 5.10 Å². The fourth-order valence-corrected chi connectivity index (χ4v) is 1.91. The van der Waals surface area contributed by atoms with E-state index in [0.29, 0.717) is 5.56 Å². The third-order valence-corrected chi connectivity index (χ3v) is 3.19. The van der Waals surface area contributed by atoms with E-state index >= 15 is 0 Å². The van der Waals surface area contributed by atoms with Crippen LogP contribution in [-0.4, -0.2) is 27.0 Å². The number of ether oxygens (including phenoxy) is 1. The topological polar surface area (TPSA) is 69.0 Å². The van der Waals surface area contributed by atoms with E-state index in [9.17, 15) is 18.0 Å². The highest BCUT2D eigenvalue weighted by molar-refractivity contribution is 5.80. The monoisotopic (exact) mass is 328 g/mol. The number of benzene rings is 1. The lowest BCUT2D eigenvalue weighted by Gasteiger charge is -2.18. The number of hydrogen-bond acceptors (Lipinski definition) is 4. The molecule has 1 amide bonds. The van der Waals surface area contributed by atoms with Crippen molar-refractivity contribution >= 4 is 5.91 Å². The lowest BCUT2D eigenvalue weighted by atomic mass is 10.1. The van der Waals surface area contributed by atoms with Gasteiger partial charge in [0.15, 0.2) is 0 Å². The Balaban J connectivity index is 1.97. The molecule has 0 fully saturated rings. The Kier molecular flexibility index (Phi) is 4.87. The highest BCUT2D eigenvalue weighted by Gasteiger charge is 2.31. The molecule has 1 aromatic heterocycles. The van der Waals surface area contributed by atoms with Gasteiger partial charge in [0.1, 0.15) is 24.4 Å². The number of nitrogens with one attached hydrogen (secondary N) is 1. The van der Waals surface area contributed by atoms with E-state index in [-0.39, 0.29) is 17.7 Å². The van der Waals surface area contributed by atoms with Crippen LogP contribution in [0.15, 0.2) is 36.9 Å². The molecule has 23 heavy (non-hydrogen) atoms. The summed E-state index contributed by atoms with van der Waals surface area (Å²) in [6, 6.07) is 4.40. The molecule has 1 aromatic carbocycles. The molecule has 0 radical (unpaired) electrons. The standard InChI is InChI=1S/C14H15F3N4O2/c1-9(20-13(22)10(2)21-8-18-7-19-21)11-3-5-12(6-4-11)23-14(15,16)17/h3-10H,1-2H3,(H,20,22)/t9-,10+/m0/s1. The van der Waals surface area contributed by atoms with E-state index in [2.05, 4.69) is 20.1 Å². The van der Waals surface area contributed by atoms with Gasteiger partial charge >= 0.3 is 6.36 Å². The summed E-state index contributed by atoms with van der Waals surface area (Å²) in [5.41, 5.74) is 0.652. The first-order valence-electron chi connectivity index (χ1n) is 6.76. The molecule has 2 atom stereocenters. The van der Waals surface area contributed by atoms with Gasteiger partial charge in [-0.3, -0.25) is 4.79 Å². The van der Waals surface area contributed by atoms with Gasteiger partial charge in [-0.05, 0) is 31.5 Å². The predicted octanol–water partition coefficient (Wildman–Crippen LogP) is 2.62. The average molecular weight is 328 g/mol. The van der Waals surface area contributed by atoms with E-state index < -0.39 is 12.4 Å². The summed E-state index contributed by atoms with van der Waals surface area (Å²) in [5, 5.41) is 6.65. The van der Waals surface area contributed by atoms with Gasteiger partial charge in [-0.15, -0.1) is 13.2 Å². The van der Waals surface area contributed by atoms with Crippen LogP contribution in [0.3, 0.4) is 0 Å². The highest BCUT2D eigenvalue weighted by atomic mass is 19.4. The molecule has 0 spiro atoms. The number of carbonyl (C=O) groups is 1. The van der Waals surface area contributed by atoms with Crippen molar-refractivity contribution in [3.05, 3.63) is 42.5 Å². The molecule has 0 aliphatic rings. The number of nitrogens with zero attached hydrogens (tertiary/aromatic N) is 3. The van der Waals surface area contributed by atoms with Gasteiger partial charge in [-0.1, -0.05) is 12.1 Å². The third-order valence-electron chi connectivity index (χ3n) is 3.19. The van der Waals surface area contributed by atoms with Crippen LogP contribution >= 0.6 is 0 Å². The molecule has 1 N–H and O–H groups in total. The van der Waals surface area contributed by atoms with Crippen molar-refractivity contribution in [2.45, 2.75) is 32.3 Å². The molecule has 0 unspecified atom stereocenters. The zero-order valence-electron chi connectivity index (χ0n) is 12.4. The zero-order chi connectivity index (χ0) is 17.0. The Labute approximate surface area is 130 Å². The van der Waals surface area contributed by atoms with Gasteiger partial charge in [0.2, 0.25) is 5.91 Å². The molecule has 6 nitrogen and oxygen atoms in total. The van der Waals surface area contributed by atoms with Crippen LogP contribution < -0.4 is 10.1 Å². The molecule has 0 saturated heterocycles. The molecule has 2 rings (SSSR count). The minimum atomic E-state index is -4.73. The average Bonchev–Trinajstić information content (AvgIpc) is 2.99. The van der Waals surface area contributed by atoms with Gasteiger partial charge < -0.3 is 10.1 Å². The van der Waals surface area contributed by atoms with Crippen molar-refractivity contribution in [1.29, 1.82) is 0 Å². The summed E-state index contributed by atoms with van der Waals surface area (Å²) in [5.74, 6) is -0.589. The summed E-state index contributed by atoms with van der Waals surface area (Å²) in [7, 11) is 0. The van der Waals surface area contributed by atoms with E-state index in [1.165, 1.54) is 41.6 Å². The molecular weight excluding hydrogens is 313 g/mol. The summed E-state index contributed by atoms with van der Waals surface area (Å²) in [6.45, 7) is 3.39. The number of aromatic nitrogens is 3. The third kappa shape index (κ3) is 4.70. The number of rotatable bonds is 5. The van der Waals surface area contributed by atoms with Crippen LogP contribution in [-0.2, 0) is 4.79 Å². The molecule has 1 heterocycles. The predicted molar refractivity (Wildman–Crippen MR) is 74.4 cm³/mol. The van der Waals surface area contributed by atoms with Crippen LogP contribution in [0.4, 0.5) is 13.2 Å². The quantitative estimate of drug-likeness (QED) is 0.916. The van der Waals surface area contributed by atoms with Crippen molar-refractivity contribution in [3.63, 3.8) is 0 Å². The fraction of sp³-hybridized carbons (Fsp3) is 0.357. The fourth-order valence-electron chi connectivity index (χ4n) is 1.91. The number of carbonyl (C=O) groups excluding carboxylic acids is 1. The second-order valence-electron chi connectivity index (χ2n) is 4.90. The highest BCUT2D eigenvalue weighted by Crippen LogP contribution is 2.24. The minimum Gasteiger partial charge on any atom is -0.406 e. The number of alkyl halides is 3. The summed E-state index contributed by atoms with van der Waals surface area (Å²) in [6.07, 6.45) is -1.97. The lowest BCUT2D eigenvalue weighted by molar-refractivity contribution is -0.274. The van der Waals surface area contributed by atoms with Crippen LogP contribution in [0.5, 0.6) is 5.75 Å². The van der Waals surface area contributed by atoms with Crippen molar-refractivity contribution in [2.24, 2.45) is 0 Å². The first-order valence-corrected chi connectivity index (χ1v) is 6.76. The summed E-state index contributed by atoms with van der Waals surface area (Å²) >= 11 is 0. The van der Waals surface area contributed by atoms with Crippen LogP contribution in [0.2, 0.25) is 0 Å². The maximum Gasteiger partial charge on any atom is 0.573 e. The maximum atomic E-state index is 12.1. The molecule has 2 aromatic rings. The Morgan fingerprint density at radius 2 is 1.91 bits per heavy atom. The van der Waals surface area contributed by atoms with Crippen molar-refractivity contribution < 1.29 is 22.7 Å². The Bertz CT molecular complexity index is 641. The first kappa shape index (κ1) is 16.8. The molecule has 9 heteroatoms. The first-order chi connectivity index (χ1) is 10.8. The second kappa shape index (κ2) is 6.67. The molecule has 124 valence electrons. The SMILES string of the molecule is C[C@H](NC(=O)[C@@H](C)n1cncn1)c1ccc(OC(F)(F)F)cc1.